The van der Waals surface area contributed by atoms with Crippen molar-refractivity contribution in [2.75, 3.05) is 25.4 Å². The van der Waals surface area contributed by atoms with Crippen molar-refractivity contribution in [1.29, 1.82) is 0 Å². The number of amides is 1. The Morgan fingerprint density at radius 2 is 1.86 bits per heavy atom. The van der Waals surface area contributed by atoms with Crippen molar-refractivity contribution < 1.29 is 9.18 Å². The highest BCUT2D eigenvalue weighted by molar-refractivity contribution is 7.98. The summed E-state index contributed by atoms with van der Waals surface area (Å²) in [5.41, 5.74) is 3.70. The Balaban J connectivity index is 1.35. The first-order valence-electron chi connectivity index (χ1n) is 9.98. The first kappa shape index (κ1) is 20.9. The zero-order valence-corrected chi connectivity index (χ0v) is 17.3. The largest absolute Gasteiger partial charge is 0.355 e. The van der Waals surface area contributed by atoms with Crippen molar-refractivity contribution in [1.82, 2.24) is 10.2 Å². The number of benzene rings is 2. The second-order valence-corrected chi connectivity index (χ2v) is 8.64. The molecule has 0 aromatic heterocycles. The fraction of sp³-hybridized carbons (Fsp3) is 0.435. The molecule has 1 N–H and O–H groups in total. The summed E-state index contributed by atoms with van der Waals surface area (Å²) in [6.45, 7) is 5.35. The number of carbonyl (C=O) groups excluding carboxylic acids is 1. The number of thioether (sulfide) groups is 1. The van der Waals surface area contributed by atoms with Crippen LogP contribution in [0.1, 0.15) is 29.5 Å². The van der Waals surface area contributed by atoms with Crippen molar-refractivity contribution >= 4 is 17.7 Å². The summed E-state index contributed by atoms with van der Waals surface area (Å²) in [5.74, 6) is 1.91. The zero-order valence-electron chi connectivity index (χ0n) is 16.5. The highest BCUT2D eigenvalue weighted by atomic mass is 32.2. The van der Waals surface area contributed by atoms with Crippen LogP contribution >= 0.6 is 11.8 Å². The van der Waals surface area contributed by atoms with Gasteiger partial charge in [0.2, 0.25) is 5.91 Å². The molecule has 0 bridgehead atoms. The van der Waals surface area contributed by atoms with Crippen molar-refractivity contribution in [2.24, 2.45) is 5.92 Å². The molecular weight excluding hydrogens is 371 g/mol. The third kappa shape index (κ3) is 6.64. The van der Waals surface area contributed by atoms with E-state index in [-0.39, 0.29) is 17.6 Å². The van der Waals surface area contributed by atoms with Crippen LogP contribution in [0.2, 0.25) is 0 Å². The minimum absolute atomic E-state index is 0.0521. The molecule has 3 rings (SSSR count). The maximum atomic E-state index is 13.1. The van der Waals surface area contributed by atoms with E-state index < -0.39 is 0 Å². The fourth-order valence-corrected chi connectivity index (χ4v) is 4.35. The Morgan fingerprint density at radius 3 is 2.61 bits per heavy atom. The van der Waals surface area contributed by atoms with Crippen LogP contribution in [0.15, 0.2) is 48.5 Å². The van der Waals surface area contributed by atoms with Crippen molar-refractivity contribution in [3.05, 3.63) is 71.0 Å². The van der Waals surface area contributed by atoms with Gasteiger partial charge >= 0.3 is 0 Å². The standard InChI is InChI=1S/C23H29FN2OS/c1-18-4-6-20(7-5-18)17-28-14-12-25-23(27)21-3-2-13-26(16-21)15-19-8-10-22(24)11-9-19/h4-11,21H,2-3,12-17H2,1H3,(H,25,27)/t21-/m0/s1. The van der Waals surface area contributed by atoms with E-state index in [1.54, 1.807) is 0 Å². The number of piperidine rings is 1. The predicted octanol–water partition coefficient (Wildman–Crippen LogP) is 4.40. The normalized spacial score (nSPS) is 17.4. The van der Waals surface area contributed by atoms with Gasteiger partial charge in [-0.15, -0.1) is 0 Å². The molecule has 5 heteroatoms. The Hall–Kier alpha value is -1.85. The molecule has 0 radical (unpaired) electrons. The van der Waals surface area contributed by atoms with Crippen LogP contribution in [0.25, 0.3) is 0 Å². The average Bonchev–Trinajstić information content (AvgIpc) is 2.71. The molecule has 3 nitrogen and oxygen atoms in total. The summed E-state index contributed by atoms with van der Waals surface area (Å²) in [6, 6.07) is 15.2. The Labute approximate surface area is 171 Å². The molecule has 0 unspecified atom stereocenters. The summed E-state index contributed by atoms with van der Waals surface area (Å²) in [5, 5.41) is 3.10. The van der Waals surface area contributed by atoms with E-state index >= 15 is 0 Å². The number of aryl methyl sites for hydroxylation is 1. The molecule has 1 fully saturated rings. The molecule has 2 aromatic rings. The van der Waals surface area contributed by atoms with E-state index in [4.69, 9.17) is 0 Å². The van der Waals surface area contributed by atoms with Gasteiger partial charge in [-0.25, -0.2) is 4.39 Å². The molecule has 150 valence electrons. The number of nitrogens with zero attached hydrogens (tertiary/aromatic N) is 1. The molecule has 2 aromatic carbocycles. The molecule has 1 aliphatic rings. The lowest BCUT2D eigenvalue weighted by molar-refractivity contribution is -0.126. The van der Waals surface area contributed by atoms with Crippen LogP contribution in [0, 0.1) is 18.7 Å². The lowest BCUT2D eigenvalue weighted by Gasteiger charge is -2.32. The first-order valence-corrected chi connectivity index (χ1v) is 11.1. The summed E-state index contributed by atoms with van der Waals surface area (Å²) in [6.07, 6.45) is 1.98. The van der Waals surface area contributed by atoms with Gasteiger partial charge in [-0.2, -0.15) is 11.8 Å². The number of rotatable bonds is 8. The minimum Gasteiger partial charge on any atom is -0.355 e. The summed E-state index contributed by atoms with van der Waals surface area (Å²) < 4.78 is 13.1. The number of hydrogen-bond acceptors (Lipinski definition) is 3. The van der Waals surface area contributed by atoms with Gasteiger partial charge in [0, 0.05) is 31.1 Å². The van der Waals surface area contributed by atoms with Gasteiger partial charge in [0.1, 0.15) is 5.82 Å². The Morgan fingerprint density at radius 1 is 1.14 bits per heavy atom. The van der Waals surface area contributed by atoms with Gasteiger partial charge in [0.05, 0.1) is 5.92 Å². The number of nitrogens with one attached hydrogen (secondary N) is 1. The third-order valence-electron chi connectivity index (χ3n) is 5.13. The van der Waals surface area contributed by atoms with Crippen LogP contribution in [-0.4, -0.2) is 36.2 Å². The molecule has 28 heavy (non-hydrogen) atoms. The number of likely N-dealkylation sites (tertiary alicyclic amines) is 1. The molecule has 1 atom stereocenters. The van der Waals surface area contributed by atoms with Gasteiger partial charge in [-0.05, 0) is 49.6 Å². The molecule has 1 saturated heterocycles. The van der Waals surface area contributed by atoms with E-state index in [0.717, 1.165) is 49.5 Å². The monoisotopic (exact) mass is 400 g/mol. The van der Waals surface area contributed by atoms with Crippen LogP contribution in [-0.2, 0) is 17.1 Å². The van der Waals surface area contributed by atoms with E-state index in [1.807, 2.05) is 23.9 Å². The number of hydrogen-bond donors (Lipinski definition) is 1. The highest BCUT2D eigenvalue weighted by Gasteiger charge is 2.25. The number of carbonyl (C=O) groups is 1. The summed E-state index contributed by atoms with van der Waals surface area (Å²) in [7, 11) is 0. The van der Waals surface area contributed by atoms with Crippen LogP contribution in [0.4, 0.5) is 4.39 Å². The maximum absolute atomic E-state index is 13.1. The molecule has 1 heterocycles. The lowest BCUT2D eigenvalue weighted by atomic mass is 9.96. The molecule has 0 saturated carbocycles. The topological polar surface area (TPSA) is 32.3 Å². The first-order chi connectivity index (χ1) is 13.6. The summed E-state index contributed by atoms with van der Waals surface area (Å²) in [4.78, 5) is 14.8. The summed E-state index contributed by atoms with van der Waals surface area (Å²) >= 11 is 1.85. The lowest BCUT2D eigenvalue weighted by Crippen LogP contribution is -2.43. The predicted molar refractivity (Wildman–Crippen MR) is 115 cm³/mol. The highest BCUT2D eigenvalue weighted by Crippen LogP contribution is 2.19. The van der Waals surface area contributed by atoms with E-state index in [2.05, 4.69) is 41.4 Å². The van der Waals surface area contributed by atoms with Crippen molar-refractivity contribution in [3.63, 3.8) is 0 Å². The van der Waals surface area contributed by atoms with Gasteiger partial charge in [-0.1, -0.05) is 42.0 Å². The van der Waals surface area contributed by atoms with Crippen molar-refractivity contribution in [3.8, 4) is 0 Å². The second kappa shape index (κ2) is 10.6. The quantitative estimate of drug-likeness (QED) is 0.667. The van der Waals surface area contributed by atoms with Gasteiger partial charge in [-0.3, -0.25) is 9.69 Å². The van der Waals surface area contributed by atoms with Crippen LogP contribution in [0.3, 0.4) is 0 Å². The molecule has 0 aliphatic carbocycles. The van der Waals surface area contributed by atoms with E-state index in [1.165, 1.54) is 23.3 Å². The Bertz CT molecular complexity index is 748. The molecule has 0 spiro atoms. The molecule has 1 aliphatic heterocycles. The minimum atomic E-state index is -0.208. The second-order valence-electron chi connectivity index (χ2n) is 7.53. The number of halogens is 1. The van der Waals surface area contributed by atoms with Crippen molar-refractivity contribution in [2.45, 2.75) is 32.1 Å². The third-order valence-corrected chi connectivity index (χ3v) is 6.16. The smallest absolute Gasteiger partial charge is 0.224 e. The fourth-order valence-electron chi connectivity index (χ4n) is 3.53. The van der Waals surface area contributed by atoms with Gasteiger partial charge in [0.25, 0.3) is 0 Å². The van der Waals surface area contributed by atoms with Gasteiger partial charge in [0.15, 0.2) is 0 Å². The van der Waals surface area contributed by atoms with Gasteiger partial charge < -0.3 is 5.32 Å². The van der Waals surface area contributed by atoms with Crippen LogP contribution < -0.4 is 5.32 Å². The average molecular weight is 401 g/mol. The maximum Gasteiger partial charge on any atom is 0.224 e. The SMILES string of the molecule is Cc1ccc(CSCCNC(=O)[C@H]2CCCN(Cc3ccc(F)cc3)C2)cc1. The van der Waals surface area contributed by atoms with E-state index in [9.17, 15) is 9.18 Å². The Kier molecular flexibility index (Phi) is 7.92. The molecular formula is C23H29FN2OS. The zero-order chi connectivity index (χ0) is 19.8. The molecule has 1 amide bonds. The van der Waals surface area contributed by atoms with Crippen LogP contribution in [0.5, 0.6) is 0 Å². The van der Waals surface area contributed by atoms with E-state index in [0.29, 0.717) is 6.54 Å².